The molecule has 0 bridgehead atoms. The van der Waals surface area contributed by atoms with E-state index in [-0.39, 0.29) is 5.71 Å². The molecule has 0 N–H and O–H groups in total. The quantitative estimate of drug-likeness (QED) is 0.637. The molecule has 1 aliphatic heterocycles. The van der Waals surface area contributed by atoms with Crippen LogP contribution in [0.2, 0.25) is 0 Å². The Kier molecular flexibility index (Phi) is 4.46. The minimum absolute atomic E-state index is 0.216. The van der Waals surface area contributed by atoms with Gasteiger partial charge in [-0.15, -0.1) is 0 Å². The summed E-state index contributed by atoms with van der Waals surface area (Å²) in [5.74, 6) is 0. The van der Waals surface area contributed by atoms with Crippen molar-refractivity contribution in [2.24, 2.45) is 4.99 Å². The number of hydrogen-bond acceptors (Lipinski definition) is 6. The van der Waals surface area contributed by atoms with Crippen LogP contribution in [-0.2, 0) is 9.47 Å². The van der Waals surface area contributed by atoms with Gasteiger partial charge in [0.2, 0.25) is 12.0 Å². The lowest BCUT2D eigenvalue weighted by atomic mass is 10.4. The van der Waals surface area contributed by atoms with Crippen molar-refractivity contribution in [3.63, 3.8) is 0 Å². The van der Waals surface area contributed by atoms with E-state index in [1.165, 1.54) is 0 Å². The third-order valence-electron chi connectivity index (χ3n) is 1.71. The fourth-order valence-corrected chi connectivity index (χ4v) is 1.14. The molecule has 0 spiro atoms. The second-order valence-electron chi connectivity index (χ2n) is 3.28. The fourth-order valence-electron chi connectivity index (χ4n) is 1.14. The van der Waals surface area contributed by atoms with E-state index < -0.39 is 6.29 Å². The zero-order valence-electron chi connectivity index (χ0n) is 9.17. The fraction of sp³-hybridized carbons (Fsp3) is 0.500. The van der Waals surface area contributed by atoms with Gasteiger partial charge in [0, 0.05) is 20.3 Å². The van der Waals surface area contributed by atoms with Gasteiger partial charge in [-0.05, 0) is 0 Å². The van der Waals surface area contributed by atoms with Gasteiger partial charge in [0.15, 0.2) is 0 Å². The van der Waals surface area contributed by atoms with E-state index in [1.807, 2.05) is 14.1 Å². The monoisotopic (exact) mass is 220 g/mol. The summed E-state index contributed by atoms with van der Waals surface area (Å²) in [5, 5.41) is 17.3. The first-order valence-corrected chi connectivity index (χ1v) is 4.67. The Bertz CT molecular complexity index is 365. The maximum atomic E-state index is 8.63. The molecule has 0 amide bonds. The maximum Gasteiger partial charge on any atom is 0.218 e. The summed E-state index contributed by atoms with van der Waals surface area (Å²) in [5.41, 5.74) is 0.202. The van der Waals surface area contributed by atoms with Crippen LogP contribution in [-0.4, -0.2) is 44.2 Å². The number of rotatable bonds is 3. The summed E-state index contributed by atoms with van der Waals surface area (Å²) in [4.78, 5) is 5.65. The highest BCUT2D eigenvalue weighted by Gasteiger charge is 2.21. The Morgan fingerprint density at radius 3 is 2.31 bits per heavy atom. The van der Waals surface area contributed by atoms with E-state index >= 15 is 0 Å². The lowest BCUT2D eigenvalue weighted by Crippen LogP contribution is -2.15. The molecule has 6 nitrogen and oxygen atoms in total. The highest BCUT2D eigenvalue weighted by Crippen LogP contribution is 2.15. The zero-order chi connectivity index (χ0) is 12.0. The molecule has 0 aromatic heterocycles. The Morgan fingerprint density at radius 1 is 1.31 bits per heavy atom. The van der Waals surface area contributed by atoms with Crippen LogP contribution in [0.25, 0.3) is 0 Å². The van der Waals surface area contributed by atoms with Gasteiger partial charge in [0.25, 0.3) is 0 Å². The third kappa shape index (κ3) is 3.35. The molecule has 0 atom stereocenters. The number of nitriles is 2. The van der Waals surface area contributed by atoms with Gasteiger partial charge in [0.05, 0.1) is 13.2 Å². The average Bonchev–Trinajstić information content (AvgIpc) is 2.76. The standard InChI is InChI=1S/C10H12N4O2/c1-14(2)7-9(10-15-3-4-16-10)13-8(5-11)6-12/h7,10H,3-4H2,1-2H3. The maximum absolute atomic E-state index is 8.63. The molecule has 0 unspecified atom stereocenters. The van der Waals surface area contributed by atoms with Crippen LogP contribution in [0.5, 0.6) is 0 Å². The van der Waals surface area contributed by atoms with E-state index in [1.54, 1.807) is 23.2 Å². The molecule has 1 saturated heterocycles. The Morgan fingerprint density at radius 2 is 1.88 bits per heavy atom. The first kappa shape index (κ1) is 12.2. The number of ether oxygens (including phenoxy) is 2. The predicted molar refractivity (Wildman–Crippen MR) is 56.1 cm³/mol. The molecular formula is C10H12N4O2. The van der Waals surface area contributed by atoms with Crippen LogP contribution in [0.1, 0.15) is 0 Å². The van der Waals surface area contributed by atoms with Crippen LogP contribution in [0.15, 0.2) is 16.9 Å². The average molecular weight is 220 g/mol. The summed E-state index contributed by atoms with van der Waals surface area (Å²) in [6, 6.07) is 3.39. The molecular weight excluding hydrogens is 208 g/mol. The van der Waals surface area contributed by atoms with Crippen LogP contribution >= 0.6 is 0 Å². The lowest BCUT2D eigenvalue weighted by molar-refractivity contribution is -0.0127. The highest BCUT2D eigenvalue weighted by atomic mass is 16.7. The largest absolute Gasteiger partial charge is 0.382 e. The summed E-state index contributed by atoms with van der Waals surface area (Å²) in [6.45, 7) is 0.971. The van der Waals surface area contributed by atoms with E-state index in [4.69, 9.17) is 20.0 Å². The smallest absolute Gasteiger partial charge is 0.218 e. The van der Waals surface area contributed by atoms with Crippen molar-refractivity contribution in [1.82, 2.24) is 4.90 Å². The number of nitrogens with zero attached hydrogens (tertiary/aromatic N) is 4. The van der Waals surface area contributed by atoms with Crippen molar-refractivity contribution in [3.8, 4) is 12.1 Å². The summed E-state index contributed by atoms with van der Waals surface area (Å²) >= 11 is 0. The summed E-state index contributed by atoms with van der Waals surface area (Å²) < 4.78 is 10.5. The van der Waals surface area contributed by atoms with Gasteiger partial charge >= 0.3 is 0 Å². The molecule has 1 rings (SSSR count). The van der Waals surface area contributed by atoms with E-state index in [0.29, 0.717) is 18.9 Å². The molecule has 84 valence electrons. The third-order valence-corrected chi connectivity index (χ3v) is 1.71. The van der Waals surface area contributed by atoms with Gasteiger partial charge < -0.3 is 14.4 Å². The molecule has 1 heterocycles. The zero-order valence-corrected chi connectivity index (χ0v) is 9.17. The molecule has 0 aromatic carbocycles. The van der Waals surface area contributed by atoms with Gasteiger partial charge in [-0.3, -0.25) is 0 Å². The van der Waals surface area contributed by atoms with Crippen molar-refractivity contribution in [2.45, 2.75) is 6.29 Å². The minimum Gasteiger partial charge on any atom is -0.382 e. The van der Waals surface area contributed by atoms with E-state index in [9.17, 15) is 0 Å². The summed E-state index contributed by atoms with van der Waals surface area (Å²) in [7, 11) is 3.62. The summed E-state index contributed by atoms with van der Waals surface area (Å²) in [6.07, 6.45) is 1.06. The second-order valence-corrected chi connectivity index (χ2v) is 3.28. The van der Waals surface area contributed by atoms with Crippen molar-refractivity contribution in [3.05, 3.63) is 11.9 Å². The van der Waals surface area contributed by atoms with Crippen molar-refractivity contribution in [2.75, 3.05) is 27.3 Å². The SMILES string of the molecule is CN(C)C=C(N=C(C#N)C#N)C1OCCO1. The molecule has 6 heteroatoms. The lowest BCUT2D eigenvalue weighted by Gasteiger charge is -2.12. The molecule has 0 aromatic rings. The molecule has 0 radical (unpaired) electrons. The topological polar surface area (TPSA) is 81.6 Å². The molecule has 0 aliphatic carbocycles. The van der Waals surface area contributed by atoms with Crippen LogP contribution in [0, 0.1) is 22.7 Å². The Labute approximate surface area is 94.0 Å². The van der Waals surface area contributed by atoms with Gasteiger partial charge in [0.1, 0.15) is 17.8 Å². The van der Waals surface area contributed by atoms with Gasteiger partial charge in [-0.2, -0.15) is 10.5 Å². The minimum atomic E-state index is -0.598. The van der Waals surface area contributed by atoms with Crippen LogP contribution in [0.4, 0.5) is 0 Å². The number of aliphatic imine (C=N–C) groups is 1. The van der Waals surface area contributed by atoms with Crippen molar-refractivity contribution >= 4 is 5.71 Å². The van der Waals surface area contributed by atoms with Crippen LogP contribution in [0.3, 0.4) is 0 Å². The molecule has 1 fully saturated rings. The molecule has 1 aliphatic rings. The Balaban J connectivity index is 2.93. The van der Waals surface area contributed by atoms with Crippen molar-refractivity contribution < 1.29 is 9.47 Å². The number of hydrogen-bond donors (Lipinski definition) is 0. The van der Waals surface area contributed by atoms with Gasteiger partial charge in [-0.1, -0.05) is 0 Å². The van der Waals surface area contributed by atoms with Gasteiger partial charge in [-0.25, -0.2) is 4.99 Å². The van der Waals surface area contributed by atoms with Crippen molar-refractivity contribution in [1.29, 1.82) is 10.5 Å². The first-order chi connectivity index (χ1) is 7.67. The van der Waals surface area contributed by atoms with Crippen LogP contribution < -0.4 is 0 Å². The first-order valence-electron chi connectivity index (χ1n) is 4.67. The normalized spacial score (nSPS) is 16.4. The second kappa shape index (κ2) is 5.86. The van der Waals surface area contributed by atoms with E-state index in [2.05, 4.69) is 4.99 Å². The predicted octanol–water partition coefficient (Wildman–Crippen LogP) is 0.250. The van der Waals surface area contributed by atoms with E-state index in [0.717, 1.165) is 0 Å². The highest BCUT2D eigenvalue weighted by molar-refractivity contribution is 6.10. The molecule has 0 saturated carbocycles. The molecule has 16 heavy (non-hydrogen) atoms. The Hall–Kier alpha value is -1.89.